The quantitative estimate of drug-likeness (QED) is 0.549. The third-order valence-corrected chi connectivity index (χ3v) is 2.08. The fourth-order valence-electron chi connectivity index (χ4n) is 1.15. The van der Waals surface area contributed by atoms with E-state index in [2.05, 4.69) is 6.92 Å². The number of rotatable bonds is 2. The lowest BCUT2D eigenvalue weighted by atomic mass is 10.3. The number of aliphatic hydroxyl groups excluding tert-OH is 1. The molecule has 0 spiro atoms. The number of aliphatic hydroxyl groups is 1. The Kier molecular flexibility index (Phi) is 1.78. The smallest absolute Gasteiger partial charge is 0.110 e. The van der Waals surface area contributed by atoms with Crippen molar-refractivity contribution in [3.8, 4) is 0 Å². The van der Waals surface area contributed by atoms with Crippen LogP contribution in [0, 0.1) is 11.8 Å². The van der Waals surface area contributed by atoms with Gasteiger partial charge in [0.25, 0.3) is 0 Å². The molecule has 0 aromatic heterocycles. The van der Waals surface area contributed by atoms with Crippen LogP contribution in [0.15, 0.2) is 0 Å². The van der Waals surface area contributed by atoms with Gasteiger partial charge < -0.3 is 5.11 Å². The van der Waals surface area contributed by atoms with Gasteiger partial charge in [0.1, 0.15) is 6.23 Å². The molecular weight excluding hydrogens is 114 g/mol. The summed E-state index contributed by atoms with van der Waals surface area (Å²) in [6.07, 6.45) is 0.985. The maximum absolute atomic E-state index is 9.36. The predicted molar refractivity (Wildman–Crippen MR) is 37.0 cm³/mol. The van der Waals surface area contributed by atoms with E-state index in [1.807, 2.05) is 19.0 Å². The maximum atomic E-state index is 9.36. The zero-order valence-corrected chi connectivity index (χ0v) is 6.33. The maximum Gasteiger partial charge on any atom is 0.110 e. The molecule has 0 radical (unpaired) electrons. The van der Waals surface area contributed by atoms with Crippen molar-refractivity contribution in [2.45, 2.75) is 19.6 Å². The van der Waals surface area contributed by atoms with Crippen LogP contribution in [0.3, 0.4) is 0 Å². The van der Waals surface area contributed by atoms with Crippen molar-refractivity contribution in [1.29, 1.82) is 0 Å². The average molecular weight is 129 g/mol. The van der Waals surface area contributed by atoms with E-state index in [1.54, 1.807) is 0 Å². The summed E-state index contributed by atoms with van der Waals surface area (Å²) in [6, 6.07) is 0. The van der Waals surface area contributed by atoms with Crippen LogP contribution in [0.25, 0.3) is 0 Å². The van der Waals surface area contributed by atoms with Gasteiger partial charge in [-0.2, -0.15) is 0 Å². The van der Waals surface area contributed by atoms with Gasteiger partial charge in [-0.1, -0.05) is 6.92 Å². The molecule has 2 nitrogen and oxygen atoms in total. The minimum absolute atomic E-state index is 0.208. The molecule has 0 aliphatic heterocycles. The van der Waals surface area contributed by atoms with E-state index >= 15 is 0 Å². The van der Waals surface area contributed by atoms with E-state index in [1.165, 1.54) is 6.42 Å². The summed E-state index contributed by atoms with van der Waals surface area (Å²) in [5.41, 5.74) is 0. The Morgan fingerprint density at radius 2 is 2.00 bits per heavy atom. The molecule has 0 amide bonds. The minimum Gasteiger partial charge on any atom is -0.378 e. The second-order valence-corrected chi connectivity index (χ2v) is 3.25. The van der Waals surface area contributed by atoms with Crippen molar-refractivity contribution in [2.75, 3.05) is 14.1 Å². The molecule has 0 saturated heterocycles. The fourth-order valence-corrected chi connectivity index (χ4v) is 1.15. The molecule has 1 aliphatic carbocycles. The highest BCUT2D eigenvalue weighted by Crippen LogP contribution is 2.40. The molecule has 1 fully saturated rings. The van der Waals surface area contributed by atoms with Crippen molar-refractivity contribution in [2.24, 2.45) is 11.8 Å². The van der Waals surface area contributed by atoms with Crippen LogP contribution in [0.4, 0.5) is 0 Å². The van der Waals surface area contributed by atoms with E-state index < -0.39 is 0 Å². The molecule has 1 saturated carbocycles. The Balaban J connectivity index is 2.27. The molecule has 1 aliphatic rings. The first-order valence-electron chi connectivity index (χ1n) is 3.47. The van der Waals surface area contributed by atoms with Crippen LogP contribution in [-0.4, -0.2) is 30.3 Å². The lowest BCUT2D eigenvalue weighted by molar-refractivity contribution is 0.0179. The SMILES string of the molecule is C[C@H]1C[C@H]1C(O)N(C)C. The molecule has 0 heterocycles. The molecule has 54 valence electrons. The third kappa shape index (κ3) is 1.43. The summed E-state index contributed by atoms with van der Waals surface area (Å²) in [5.74, 6) is 1.28. The van der Waals surface area contributed by atoms with Crippen molar-refractivity contribution >= 4 is 0 Å². The highest BCUT2D eigenvalue weighted by Gasteiger charge is 2.39. The van der Waals surface area contributed by atoms with Crippen LogP contribution in [0.1, 0.15) is 13.3 Å². The zero-order chi connectivity index (χ0) is 7.02. The summed E-state index contributed by atoms with van der Waals surface area (Å²) in [4.78, 5) is 1.87. The van der Waals surface area contributed by atoms with Crippen molar-refractivity contribution in [1.82, 2.24) is 4.90 Å². The molecule has 0 aromatic carbocycles. The third-order valence-electron chi connectivity index (χ3n) is 2.08. The Hall–Kier alpha value is -0.0800. The van der Waals surface area contributed by atoms with Crippen molar-refractivity contribution in [3.63, 3.8) is 0 Å². The van der Waals surface area contributed by atoms with Crippen molar-refractivity contribution in [3.05, 3.63) is 0 Å². The van der Waals surface area contributed by atoms with E-state index in [4.69, 9.17) is 0 Å². The average Bonchev–Trinajstić information content (AvgIpc) is 2.44. The molecule has 3 atom stereocenters. The molecule has 2 heteroatoms. The first-order chi connectivity index (χ1) is 4.13. The molecule has 0 bridgehead atoms. The Labute approximate surface area is 56.5 Å². The molecular formula is C7H15NO. The van der Waals surface area contributed by atoms with E-state index in [0.717, 1.165) is 5.92 Å². The highest BCUT2D eigenvalue weighted by atomic mass is 16.3. The Bertz CT molecular complexity index is 103. The van der Waals surface area contributed by atoms with Gasteiger partial charge in [-0.05, 0) is 26.4 Å². The van der Waals surface area contributed by atoms with Crippen LogP contribution in [0.5, 0.6) is 0 Å². The van der Waals surface area contributed by atoms with Gasteiger partial charge in [-0.3, -0.25) is 4.90 Å². The van der Waals surface area contributed by atoms with E-state index in [0.29, 0.717) is 5.92 Å². The van der Waals surface area contributed by atoms with Gasteiger partial charge in [-0.15, -0.1) is 0 Å². The molecule has 0 aromatic rings. The second-order valence-electron chi connectivity index (χ2n) is 3.25. The highest BCUT2D eigenvalue weighted by molar-refractivity contribution is 4.86. The number of hydrogen-bond donors (Lipinski definition) is 1. The first-order valence-corrected chi connectivity index (χ1v) is 3.47. The summed E-state index contributed by atoms with van der Waals surface area (Å²) in [5, 5.41) is 9.36. The lowest BCUT2D eigenvalue weighted by Gasteiger charge is -2.17. The summed E-state index contributed by atoms with van der Waals surface area (Å²) < 4.78 is 0. The van der Waals surface area contributed by atoms with Crippen LogP contribution < -0.4 is 0 Å². The first kappa shape index (κ1) is 7.03. The summed E-state index contributed by atoms with van der Waals surface area (Å²) >= 11 is 0. The summed E-state index contributed by atoms with van der Waals surface area (Å²) in [6.45, 7) is 2.18. The number of hydrogen-bond acceptors (Lipinski definition) is 2. The minimum atomic E-state index is -0.208. The fraction of sp³-hybridized carbons (Fsp3) is 1.00. The van der Waals surface area contributed by atoms with Crippen LogP contribution in [-0.2, 0) is 0 Å². The zero-order valence-electron chi connectivity index (χ0n) is 6.33. The van der Waals surface area contributed by atoms with Gasteiger partial charge in [0.2, 0.25) is 0 Å². The Morgan fingerprint density at radius 3 is 2.11 bits per heavy atom. The normalized spacial score (nSPS) is 37.0. The van der Waals surface area contributed by atoms with Crippen molar-refractivity contribution < 1.29 is 5.11 Å². The van der Waals surface area contributed by atoms with Gasteiger partial charge in [0.05, 0.1) is 0 Å². The van der Waals surface area contributed by atoms with Gasteiger partial charge in [-0.25, -0.2) is 0 Å². The van der Waals surface area contributed by atoms with E-state index in [9.17, 15) is 5.11 Å². The monoisotopic (exact) mass is 129 g/mol. The topological polar surface area (TPSA) is 23.5 Å². The van der Waals surface area contributed by atoms with Gasteiger partial charge in [0, 0.05) is 5.92 Å². The molecule has 9 heavy (non-hydrogen) atoms. The van der Waals surface area contributed by atoms with Gasteiger partial charge in [0.15, 0.2) is 0 Å². The van der Waals surface area contributed by atoms with E-state index in [-0.39, 0.29) is 6.23 Å². The molecule has 1 rings (SSSR count). The largest absolute Gasteiger partial charge is 0.378 e. The molecule has 1 unspecified atom stereocenters. The lowest BCUT2D eigenvalue weighted by Crippen LogP contribution is -2.29. The standard InChI is InChI=1S/C7H15NO/c1-5-4-6(5)7(9)8(2)3/h5-7,9H,4H2,1-3H3/t5-,6+,7?/m0/s1. The van der Waals surface area contributed by atoms with Crippen LogP contribution >= 0.6 is 0 Å². The van der Waals surface area contributed by atoms with Crippen LogP contribution in [0.2, 0.25) is 0 Å². The second kappa shape index (κ2) is 2.27. The van der Waals surface area contributed by atoms with Gasteiger partial charge >= 0.3 is 0 Å². The number of nitrogens with zero attached hydrogens (tertiary/aromatic N) is 1. The predicted octanol–water partition coefficient (Wildman–Crippen LogP) is 0.522. The molecule has 1 N–H and O–H groups in total. The Morgan fingerprint density at radius 1 is 1.56 bits per heavy atom. The summed E-state index contributed by atoms with van der Waals surface area (Å²) in [7, 11) is 3.82.